The van der Waals surface area contributed by atoms with Crippen LogP contribution in [0.1, 0.15) is 16.1 Å². The Kier molecular flexibility index (Phi) is 3.71. The third-order valence-corrected chi connectivity index (χ3v) is 3.01. The van der Waals surface area contributed by atoms with E-state index < -0.39 is 10.8 Å². The lowest BCUT2D eigenvalue weighted by Gasteiger charge is -2.08. The van der Waals surface area contributed by atoms with Crippen molar-refractivity contribution < 1.29 is 9.72 Å². The van der Waals surface area contributed by atoms with Crippen molar-refractivity contribution >= 4 is 28.9 Å². The van der Waals surface area contributed by atoms with Crippen molar-refractivity contribution in [2.45, 2.75) is 6.92 Å². The van der Waals surface area contributed by atoms with Crippen molar-refractivity contribution in [2.24, 2.45) is 7.05 Å². The zero-order chi connectivity index (χ0) is 14.9. The number of aryl methyl sites for hydroxylation is 2. The normalized spacial score (nSPS) is 10.3. The lowest BCUT2D eigenvalue weighted by Crippen LogP contribution is -2.18. The first kappa shape index (κ1) is 14.0. The second-order valence-electron chi connectivity index (χ2n) is 4.17. The predicted octanol–water partition coefficient (Wildman–Crippen LogP) is 2.54. The molecule has 20 heavy (non-hydrogen) atoms. The van der Waals surface area contributed by atoms with Crippen LogP contribution in [0.25, 0.3) is 0 Å². The summed E-state index contributed by atoms with van der Waals surface area (Å²) in [4.78, 5) is 22.4. The molecule has 7 nitrogen and oxygen atoms in total. The van der Waals surface area contributed by atoms with Crippen LogP contribution in [0.2, 0.25) is 5.02 Å². The van der Waals surface area contributed by atoms with E-state index in [2.05, 4.69) is 10.4 Å². The van der Waals surface area contributed by atoms with Crippen molar-refractivity contribution in [2.75, 3.05) is 5.32 Å². The number of carbonyl (C=O) groups excluding carboxylic acids is 1. The van der Waals surface area contributed by atoms with Crippen LogP contribution in [-0.4, -0.2) is 20.6 Å². The lowest BCUT2D eigenvalue weighted by atomic mass is 10.2. The summed E-state index contributed by atoms with van der Waals surface area (Å²) >= 11 is 5.86. The molecular formula is C12H11ClN4O3. The molecule has 0 radical (unpaired) electrons. The van der Waals surface area contributed by atoms with Crippen LogP contribution in [0.15, 0.2) is 24.4 Å². The van der Waals surface area contributed by atoms with Gasteiger partial charge in [0.15, 0.2) is 0 Å². The summed E-state index contributed by atoms with van der Waals surface area (Å²) in [6.07, 6.45) is 1.04. The van der Waals surface area contributed by atoms with Crippen molar-refractivity contribution in [1.29, 1.82) is 0 Å². The Balaban J connectivity index is 2.36. The summed E-state index contributed by atoms with van der Waals surface area (Å²) in [6.45, 7) is 1.80. The molecule has 1 heterocycles. The van der Waals surface area contributed by atoms with Gasteiger partial charge in [-0.2, -0.15) is 5.10 Å². The first-order valence-corrected chi connectivity index (χ1v) is 6.02. The number of nitrogens with one attached hydrogen (secondary N) is 1. The Hall–Kier alpha value is -2.41. The summed E-state index contributed by atoms with van der Waals surface area (Å²) in [5, 5.41) is 17.7. The zero-order valence-electron chi connectivity index (χ0n) is 10.8. The monoisotopic (exact) mass is 294 g/mol. The molecule has 0 spiro atoms. The minimum absolute atomic E-state index is 0.116. The van der Waals surface area contributed by atoms with E-state index >= 15 is 0 Å². The van der Waals surface area contributed by atoms with Crippen molar-refractivity contribution in [1.82, 2.24) is 9.78 Å². The molecule has 1 amide bonds. The second-order valence-corrected chi connectivity index (χ2v) is 4.61. The standard InChI is InChI=1S/C12H11ClN4O3/c1-7-3-4-8(13)5-9(7)15-12(18)11-10(17(19)20)6-14-16(11)2/h3-6H,1-2H3,(H,15,18). The van der Waals surface area contributed by atoms with Gasteiger partial charge in [0.1, 0.15) is 6.20 Å². The SMILES string of the molecule is Cc1ccc(Cl)cc1NC(=O)c1c([N+](=O)[O-])cnn1C. The molecule has 1 aromatic heterocycles. The molecule has 2 aromatic rings. The number of nitrogens with zero attached hydrogens (tertiary/aromatic N) is 3. The van der Waals surface area contributed by atoms with Crippen LogP contribution in [0.5, 0.6) is 0 Å². The number of hydrogen-bond donors (Lipinski definition) is 1. The minimum atomic E-state index is -0.646. The number of halogens is 1. The topological polar surface area (TPSA) is 90.1 Å². The number of hydrogen-bond acceptors (Lipinski definition) is 4. The fourth-order valence-corrected chi connectivity index (χ4v) is 1.91. The number of rotatable bonds is 3. The molecule has 0 fully saturated rings. The van der Waals surface area contributed by atoms with Crippen LogP contribution >= 0.6 is 11.6 Å². The molecule has 1 aromatic carbocycles. The van der Waals surface area contributed by atoms with Gasteiger partial charge in [-0.05, 0) is 24.6 Å². The van der Waals surface area contributed by atoms with E-state index in [0.717, 1.165) is 16.4 Å². The first-order chi connectivity index (χ1) is 9.40. The molecule has 0 aliphatic carbocycles. The quantitative estimate of drug-likeness (QED) is 0.695. The van der Waals surface area contributed by atoms with E-state index in [9.17, 15) is 14.9 Å². The molecule has 0 saturated heterocycles. The third kappa shape index (κ3) is 2.62. The maximum atomic E-state index is 12.2. The fourth-order valence-electron chi connectivity index (χ4n) is 1.73. The summed E-state index contributed by atoms with van der Waals surface area (Å²) in [5.74, 6) is -0.609. The van der Waals surface area contributed by atoms with Gasteiger partial charge >= 0.3 is 5.69 Å². The number of aromatic nitrogens is 2. The predicted molar refractivity (Wildman–Crippen MR) is 74.0 cm³/mol. The smallest absolute Gasteiger partial charge is 0.320 e. The minimum Gasteiger partial charge on any atom is -0.320 e. The molecule has 0 bridgehead atoms. The number of anilines is 1. The molecular weight excluding hydrogens is 284 g/mol. The zero-order valence-corrected chi connectivity index (χ0v) is 11.5. The van der Waals surface area contributed by atoms with Gasteiger partial charge in [0.25, 0.3) is 5.91 Å². The van der Waals surface area contributed by atoms with Gasteiger partial charge in [0.05, 0.1) is 4.92 Å². The van der Waals surface area contributed by atoms with Crippen LogP contribution in [0.4, 0.5) is 11.4 Å². The van der Waals surface area contributed by atoms with Gasteiger partial charge in [0.2, 0.25) is 5.69 Å². The maximum Gasteiger partial charge on any atom is 0.320 e. The highest BCUT2D eigenvalue weighted by molar-refractivity contribution is 6.31. The summed E-state index contributed by atoms with van der Waals surface area (Å²) in [7, 11) is 1.47. The van der Waals surface area contributed by atoms with Gasteiger partial charge in [-0.1, -0.05) is 17.7 Å². The van der Waals surface area contributed by atoms with Crippen LogP contribution in [0.3, 0.4) is 0 Å². The van der Waals surface area contributed by atoms with E-state index in [-0.39, 0.29) is 11.4 Å². The average molecular weight is 295 g/mol. The number of amides is 1. The van der Waals surface area contributed by atoms with Crippen molar-refractivity contribution in [3.8, 4) is 0 Å². The molecule has 8 heteroatoms. The highest BCUT2D eigenvalue weighted by Gasteiger charge is 2.25. The Morgan fingerprint density at radius 2 is 2.20 bits per heavy atom. The van der Waals surface area contributed by atoms with Gasteiger partial charge in [-0.15, -0.1) is 0 Å². The second kappa shape index (κ2) is 5.30. The maximum absolute atomic E-state index is 12.2. The third-order valence-electron chi connectivity index (χ3n) is 2.78. The van der Waals surface area contributed by atoms with E-state index in [1.165, 1.54) is 7.05 Å². The highest BCUT2D eigenvalue weighted by Crippen LogP contribution is 2.23. The van der Waals surface area contributed by atoms with E-state index in [1.54, 1.807) is 25.1 Å². The Labute approximate surface area is 119 Å². The van der Waals surface area contributed by atoms with Gasteiger partial charge < -0.3 is 5.32 Å². The van der Waals surface area contributed by atoms with E-state index in [4.69, 9.17) is 11.6 Å². The molecule has 2 rings (SSSR count). The van der Waals surface area contributed by atoms with Gasteiger partial charge in [-0.3, -0.25) is 19.6 Å². The van der Waals surface area contributed by atoms with Crippen molar-refractivity contribution in [3.05, 3.63) is 50.8 Å². The highest BCUT2D eigenvalue weighted by atomic mass is 35.5. The molecule has 104 valence electrons. The lowest BCUT2D eigenvalue weighted by molar-refractivity contribution is -0.385. The summed E-state index contributed by atoms with van der Waals surface area (Å²) in [5.41, 5.74) is 0.838. The van der Waals surface area contributed by atoms with E-state index in [1.807, 2.05) is 0 Å². The first-order valence-electron chi connectivity index (χ1n) is 5.64. The van der Waals surface area contributed by atoms with Crippen LogP contribution in [-0.2, 0) is 7.05 Å². The number of benzene rings is 1. The molecule has 1 N–H and O–H groups in total. The van der Waals surface area contributed by atoms with Crippen molar-refractivity contribution in [3.63, 3.8) is 0 Å². The molecule has 0 aliphatic heterocycles. The number of carbonyl (C=O) groups is 1. The Morgan fingerprint density at radius 1 is 1.50 bits per heavy atom. The number of nitro groups is 1. The fraction of sp³-hybridized carbons (Fsp3) is 0.167. The van der Waals surface area contributed by atoms with Gasteiger partial charge in [-0.25, -0.2) is 0 Å². The van der Waals surface area contributed by atoms with Gasteiger partial charge in [0, 0.05) is 17.8 Å². The Morgan fingerprint density at radius 3 is 2.85 bits per heavy atom. The molecule has 0 atom stereocenters. The average Bonchev–Trinajstić information content (AvgIpc) is 2.76. The Bertz CT molecular complexity index is 696. The molecule has 0 saturated carbocycles. The summed E-state index contributed by atoms with van der Waals surface area (Å²) < 4.78 is 1.16. The summed E-state index contributed by atoms with van der Waals surface area (Å²) in [6, 6.07) is 5.02. The van der Waals surface area contributed by atoms with Crippen LogP contribution in [0, 0.1) is 17.0 Å². The molecule has 0 aliphatic rings. The molecule has 0 unspecified atom stereocenters. The van der Waals surface area contributed by atoms with Crippen LogP contribution < -0.4 is 5.32 Å². The largest absolute Gasteiger partial charge is 0.320 e. The van der Waals surface area contributed by atoms with E-state index in [0.29, 0.717) is 10.7 Å².